The first-order valence-electron chi connectivity index (χ1n) is 5.00. The number of nitrogens with one attached hydrogen (secondary N) is 1. The maximum absolute atomic E-state index is 13.6. The van der Waals surface area contributed by atoms with Gasteiger partial charge >= 0.3 is 5.69 Å². The van der Waals surface area contributed by atoms with Gasteiger partial charge in [-0.05, 0) is 0 Å². The van der Waals surface area contributed by atoms with Gasteiger partial charge in [0.25, 0.3) is 5.56 Å². The summed E-state index contributed by atoms with van der Waals surface area (Å²) in [5.41, 5.74) is -1.56. The predicted octanol–water partition coefficient (Wildman–Crippen LogP) is -2.05. The average Bonchev–Trinajstić information content (AvgIpc) is 2.53. The number of thioether (sulfide) groups is 1. The van der Waals surface area contributed by atoms with Crippen molar-refractivity contribution in [2.75, 3.05) is 12.4 Å². The van der Waals surface area contributed by atoms with Crippen molar-refractivity contribution in [2.45, 2.75) is 16.8 Å². The largest absolute Gasteiger partial charge is 0.393 e. The lowest BCUT2D eigenvalue weighted by molar-refractivity contribution is -0.168. The van der Waals surface area contributed by atoms with Crippen LogP contribution in [0.2, 0.25) is 0 Å². The van der Waals surface area contributed by atoms with Crippen LogP contribution in [-0.2, 0) is 4.87 Å². The molecule has 0 aliphatic carbocycles. The summed E-state index contributed by atoms with van der Waals surface area (Å²) in [6.45, 7) is -0.781. The molecule has 100 valence electrons. The molecule has 0 bridgehead atoms. The standard InChI is InChI=1S/C9H11FN2O5S/c10-8(17)4-18-9(3-13,6(8)15)12-2-1-5(14)11-7(12)16/h1-2,6,13,15,17H,3-4H2,(H,11,14,16)/t6-,8-,9+/m0/s1. The SMILES string of the molecule is O=c1ccn([C@]2(CO)SC[C@@](O)(F)[C@@H]2O)c(=O)[nH]1. The van der Waals surface area contributed by atoms with Gasteiger partial charge in [0.15, 0.2) is 0 Å². The Morgan fingerprint density at radius 2 is 2.28 bits per heavy atom. The highest BCUT2D eigenvalue weighted by Gasteiger charge is 2.59. The summed E-state index contributed by atoms with van der Waals surface area (Å²) in [4.78, 5) is 22.7. The molecule has 9 heteroatoms. The van der Waals surface area contributed by atoms with Crippen LogP contribution < -0.4 is 11.2 Å². The number of aliphatic hydroxyl groups is 3. The maximum Gasteiger partial charge on any atom is 0.329 e. The third-order valence-electron chi connectivity index (χ3n) is 2.83. The Labute approximate surface area is 104 Å². The molecule has 0 saturated carbocycles. The monoisotopic (exact) mass is 278 g/mol. The Balaban J connectivity index is 2.59. The average molecular weight is 278 g/mol. The van der Waals surface area contributed by atoms with Gasteiger partial charge in [0, 0.05) is 12.3 Å². The van der Waals surface area contributed by atoms with E-state index in [-0.39, 0.29) is 0 Å². The van der Waals surface area contributed by atoms with Crippen molar-refractivity contribution < 1.29 is 19.7 Å². The van der Waals surface area contributed by atoms with Gasteiger partial charge in [-0.3, -0.25) is 14.3 Å². The van der Waals surface area contributed by atoms with Gasteiger partial charge in [-0.15, -0.1) is 11.8 Å². The topological polar surface area (TPSA) is 116 Å². The molecule has 0 amide bonds. The normalized spacial score (nSPS) is 35.9. The molecule has 3 atom stereocenters. The van der Waals surface area contributed by atoms with Crippen molar-refractivity contribution in [1.82, 2.24) is 9.55 Å². The molecule has 1 aromatic rings. The number of aliphatic hydroxyl groups excluding tert-OH is 2. The van der Waals surface area contributed by atoms with E-state index in [1.165, 1.54) is 0 Å². The van der Waals surface area contributed by atoms with Gasteiger partial charge in [-0.2, -0.15) is 0 Å². The molecule has 4 N–H and O–H groups in total. The van der Waals surface area contributed by atoms with Crippen LogP contribution in [0.15, 0.2) is 21.9 Å². The van der Waals surface area contributed by atoms with Crippen LogP contribution in [0.25, 0.3) is 0 Å². The van der Waals surface area contributed by atoms with E-state index < -0.39 is 40.4 Å². The number of aromatic nitrogens is 2. The van der Waals surface area contributed by atoms with E-state index in [9.17, 15) is 29.3 Å². The minimum absolute atomic E-state index is 0.500. The summed E-state index contributed by atoms with van der Waals surface area (Å²) in [6.07, 6.45) is -0.960. The van der Waals surface area contributed by atoms with Gasteiger partial charge < -0.3 is 15.3 Å². The molecular formula is C9H11FN2O5S. The molecule has 18 heavy (non-hydrogen) atoms. The van der Waals surface area contributed by atoms with E-state index in [1.807, 2.05) is 4.98 Å². The van der Waals surface area contributed by atoms with Gasteiger partial charge in [0.1, 0.15) is 11.0 Å². The lowest BCUT2D eigenvalue weighted by Crippen LogP contribution is -2.54. The fraction of sp³-hybridized carbons (Fsp3) is 0.556. The van der Waals surface area contributed by atoms with Crippen molar-refractivity contribution in [3.05, 3.63) is 33.1 Å². The molecule has 0 unspecified atom stereocenters. The maximum atomic E-state index is 13.6. The van der Waals surface area contributed by atoms with Crippen LogP contribution in [0.1, 0.15) is 0 Å². The molecule has 1 saturated heterocycles. The lowest BCUT2D eigenvalue weighted by atomic mass is 10.1. The summed E-state index contributed by atoms with van der Waals surface area (Å²) in [5, 5.41) is 28.4. The Morgan fingerprint density at radius 1 is 1.61 bits per heavy atom. The van der Waals surface area contributed by atoms with Crippen LogP contribution in [0, 0.1) is 0 Å². The molecular weight excluding hydrogens is 267 g/mol. The lowest BCUT2D eigenvalue weighted by Gasteiger charge is -2.32. The second-order valence-electron chi connectivity index (χ2n) is 3.99. The number of nitrogens with zero attached hydrogens (tertiary/aromatic N) is 1. The van der Waals surface area contributed by atoms with Gasteiger partial charge in [0.2, 0.25) is 5.85 Å². The van der Waals surface area contributed by atoms with E-state index in [1.54, 1.807) is 0 Å². The summed E-state index contributed by atoms with van der Waals surface area (Å²) >= 11 is 0.694. The minimum Gasteiger partial charge on any atom is -0.393 e. The third kappa shape index (κ3) is 1.79. The zero-order chi connectivity index (χ0) is 13.6. The minimum atomic E-state index is -2.91. The molecule has 2 heterocycles. The highest BCUT2D eigenvalue weighted by Crippen LogP contribution is 2.47. The number of aromatic amines is 1. The second kappa shape index (κ2) is 4.19. The first kappa shape index (κ1) is 13.3. The van der Waals surface area contributed by atoms with Crippen molar-refractivity contribution in [3.8, 4) is 0 Å². The predicted molar refractivity (Wildman–Crippen MR) is 60.9 cm³/mol. The molecule has 1 aliphatic heterocycles. The number of halogens is 1. The fourth-order valence-electron chi connectivity index (χ4n) is 1.85. The molecule has 0 spiro atoms. The van der Waals surface area contributed by atoms with E-state index in [4.69, 9.17) is 0 Å². The van der Waals surface area contributed by atoms with Crippen molar-refractivity contribution in [2.24, 2.45) is 0 Å². The number of alkyl halides is 1. The Hall–Kier alpha value is -1.16. The van der Waals surface area contributed by atoms with E-state index >= 15 is 0 Å². The molecule has 1 aromatic heterocycles. The summed E-state index contributed by atoms with van der Waals surface area (Å²) in [5.74, 6) is -3.41. The Kier molecular flexibility index (Phi) is 3.09. The first-order valence-corrected chi connectivity index (χ1v) is 5.99. The number of hydrogen-bond acceptors (Lipinski definition) is 6. The van der Waals surface area contributed by atoms with Gasteiger partial charge in [-0.25, -0.2) is 9.18 Å². The highest BCUT2D eigenvalue weighted by atomic mass is 32.2. The van der Waals surface area contributed by atoms with Crippen LogP contribution in [0.3, 0.4) is 0 Å². The van der Waals surface area contributed by atoms with Crippen molar-refractivity contribution in [1.29, 1.82) is 0 Å². The zero-order valence-electron chi connectivity index (χ0n) is 9.04. The van der Waals surface area contributed by atoms with Gasteiger partial charge in [0.05, 0.1) is 12.4 Å². The van der Waals surface area contributed by atoms with E-state index in [0.717, 1.165) is 16.8 Å². The van der Waals surface area contributed by atoms with Crippen molar-refractivity contribution in [3.63, 3.8) is 0 Å². The molecule has 7 nitrogen and oxygen atoms in total. The summed E-state index contributed by atoms with van der Waals surface area (Å²) < 4.78 is 14.4. The first-order chi connectivity index (χ1) is 8.33. The number of H-pyrrole nitrogens is 1. The summed E-state index contributed by atoms with van der Waals surface area (Å²) in [6, 6.07) is 1.00. The third-order valence-corrected chi connectivity index (χ3v) is 4.43. The number of rotatable bonds is 2. The van der Waals surface area contributed by atoms with Crippen LogP contribution in [0.5, 0.6) is 0 Å². The van der Waals surface area contributed by atoms with Crippen molar-refractivity contribution >= 4 is 11.8 Å². The second-order valence-corrected chi connectivity index (χ2v) is 5.28. The van der Waals surface area contributed by atoms with Crippen LogP contribution in [-0.4, -0.2) is 49.2 Å². The van der Waals surface area contributed by atoms with E-state index in [2.05, 4.69) is 0 Å². The summed E-state index contributed by atoms with van der Waals surface area (Å²) in [7, 11) is 0. The molecule has 0 radical (unpaired) electrons. The van der Waals surface area contributed by atoms with Crippen LogP contribution in [0.4, 0.5) is 4.39 Å². The van der Waals surface area contributed by atoms with Gasteiger partial charge in [-0.1, -0.05) is 0 Å². The number of hydrogen-bond donors (Lipinski definition) is 4. The quantitative estimate of drug-likeness (QED) is 0.495. The molecule has 2 rings (SSSR count). The zero-order valence-corrected chi connectivity index (χ0v) is 9.85. The van der Waals surface area contributed by atoms with E-state index in [0.29, 0.717) is 11.8 Å². The molecule has 0 aromatic carbocycles. The molecule has 1 fully saturated rings. The Morgan fingerprint density at radius 3 is 2.72 bits per heavy atom. The molecule has 1 aliphatic rings. The fourth-order valence-corrected chi connectivity index (χ4v) is 3.18. The highest BCUT2D eigenvalue weighted by molar-refractivity contribution is 8.00. The smallest absolute Gasteiger partial charge is 0.329 e. The van der Waals surface area contributed by atoms with Crippen LogP contribution >= 0.6 is 11.8 Å². The Bertz CT molecular complexity index is 571.